The summed E-state index contributed by atoms with van der Waals surface area (Å²) in [4.78, 5) is 15.4. The molecule has 1 heterocycles. The number of aromatic nitrogens is 2. The molecule has 0 bridgehead atoms. The molecule has 0 unspecified atom stereocenters. The molecular formula is C11H16N2O2S. The molecule has 0 aromatic carbocycles. The molecule has 0 aliphatic carbocycles. The summed E-state index contributed by atoms with van der Waals surface area (Å²) in [5.41, 5.74) is -0.449. The van der Waals surface area contributed by atoms with Crippen LogP contribution in [-0.4, -0.2) is 21.1 Å². The van der Waals surface area contributed by atoms with Crippen molar-refractivity contribution < 1.29 is 9.53 Å². The first-order valence-corrected chi connectivity index (χ1v) is 5.80. The molecule has 0 amide bonds. The number of ether oxygens (including phenoxy) is 1. The average Bonchev–Trinajstić information content (AvgIpc) is 2.48. The number of aryl methyl sites for hydroxylation is 1. The van der Waals surface area contributed by atoms with Crippen LogP contribution in [0.1, 0.15) is 20.8 Å². The Bertz CT molecular complexity index is 391. The van der Waals surface area contributed by atoms with E-state index in [1.165, 1.54) is 17.8 Å². The van der Waals surface area contributed by atoms with E-state index >= 15 is 0 Å². The quantitative estimate of drug-likeness (QED) is 0.462. The SMILES string of the molecule is Cn1ccnc1S/C=C/C(=O)OC(C)(C)C. The molecule has 88 valence electrons. The van der Waals surface area contributed by atoms with Crippen molar-refractivity contribution in [3.05, 3.63) is 23.9 Å². The van der Waals surface area contributed by atoms with Crippen LogP contribution in [0.2, 0.25) is 0 Å². The number of nitrogens with zero attached hydrogens (tertiary/aromatic N) is 2. The minimum atomic E-state index is -0.449. The number of carbonyl (C=O) groups is 1. The van der Waals surface area contributed by atoms with Gasteiger partial charge in [0.1, 0.15) is 5.60 Å². The number of carbonyl (C=O) groups excluding carboxylic acids is 1. The van der Waals surface area contributed by atoms with Gasteiger partial charge in [-0.25, -0.2) is 9.78 Å². The Morgan fingerprint density at radius 3 is 2.75 bits per heavy atom. The summed E-state index contributed by atoms with van der Waals surface area (Å²) in [5.74, 6) is -0.339. The van der Waals surface area contributed by atoms with Crippen molar-refractivity contribution >= 4 is 17.7 Å². The van der Waals surface area contributed by atoms with Crippen molar-refractivity contribution in [1.82, 2.24) is 9.55 Å². The summed E-state index contributed by atoms with van der Waals surface area (Å²) in [7, 11) is 1.90. The Balaban J connectivity index is 2.44. The van der Waals surface area contributed by atoms with Crippen molar-refractivity contribution in [2.75, 3.05) is 0 Å². The van der Waals surface area contributed by atoms with Crippen LogP contribution in [0.3, 0.4) is 0 Å². The summed E-state index contributed by atoms with van der Waals surface area (Å²) in [6, 6.07) is 0. The molecule has 0 saturated carbocycles. The number of rotatable bonds is 3. The maximum atomic E-state index is 11.3. The van der Waals surface area contributed by atoms with Crippen molar-refractivity contribution in [3.8, 4) is 0 Å². The second-order valence-electron chi connectivity index (χ2n) is 4.27. The summed E-state index contributed by atoms with van der Waals surface area (Å²) in [6.07, 6.45) is 4.97. The number of esters is 1. The van der Waals surface area contributed by atoms with Gasteiger partial charge in [0.25, 0.3) is 0 Å². The van der Waals surface area contributed by atoms with Gasteiger partial charge in [0.15, 0.2) is 5.16 Å². The second kappa shape index (κ2) is 5.21. The molecule has 0 spiro atoms. The zero-order chi connectivity index (χ0) is 12.2. The maximum Gasteiger partial charge on any atom is 0.331 e. The van der Waals surface area contributed by atoms with Crippen LogP contribution in [0.5, 0.6) is 0 Å². The molecule has 0 atom stereocenters. The summed E-state index contributed by atoms with van der Waals surface area (Å²) >= 11 is 1.38. The lowest BCUT2D eigenvalue weighted by molar-refractivity contribution is -0.148. The molecule has 0 aliphatic rings. The van der Waals surface area contributed by atoms with E-state index in [0.717, 1.165) is 5.16 Å². The second-order valence-corrected chi connectivity index (χ2v) is 5.15. The molecule has 0 aliphatic heterocycles. The molecule has 0 fully saturated rings. The Labute approximate surface area is 99.7 Å². The van der Waals surface area contributed by atoms with Crippen LogP contribution in [-0.2, 0) is 16.6 Å². The molecule has 0 radical (unpaired) electrons. The normalized spacial score (nSPS) is 12.0. The molecule has 4 nitrogen and oxygen atoms in total. The number of imidazole rings is 1. The lowest BCUT2D eigenvalue weighted by atomic mass is 10.2. The van der Waals surface area contributed by atoms with E-state index in [0.29, 0.717) is 0 Å². The van der Waals surface area contributed by atoms with E-state index in [9.17, 15) is 4.79 Å². The van der Waals surface area contributed by atoms with Gasteiger partial charge in [-0.1, -0.05) is 11.8 Å². The van der Waals surface area contributed by atoms with Gasteiger partial charge in [0.05, 0.1) is 0 Å². The van der Waals surface area contributed by atoms with Crippen LogP contribution in [0, 0.1) is 0 Å². The van der Waals surface area contributed by atoms with Crippen molar-refractivity contribution in [2.45, 2.75) is 31.5 Å². The van der Waals surface area contributed by atoms with Crippen molar-refractivity contribution in [1.29, 1.82) is 0 Å². The molecule has 5 heteroatoms. The fourth-order valence-electron chi connectivity index (χ4n) is 0.952. The maximum absolute atomic E-state index is 11.3. The molecule has 16 heavy (non-hydrogen) atoms. The number of hydrogen-bond donors (Lipinski definition) is 0. The molecule has 1 rings (SSSR count). The first kappa shape index (κ1) is 12.8. The average molecular weight is 240 g/mol. The van der Waals surface area contributed by atoms with Gasteiger partial charge in [-0.3, -0.25) is 0 Å². The highest BCUT2D eigenvalue weighted by Crippen LogP contribution is 2.16. The van der Waals surface area contributed by atoms with Crippen LogP contribution < -0.4 is 0 Å². The predicted octanol–water partition coefficient (Wildman–Crippen LogP) is 2.37. The third-order valence-electron chi connectivity index (χ3n) is 1.56. The monoisotopic (exact) mass is 240 g/mol. The largest absolute Gasteiger partial charge is 0.457 e. The summed E-state index contributed by atoms with van der Waals surface area (Å²) < 4.78 is 7.00. The van der Waals surface area contributed by atoms with Gasteiger partial charge in [0.2, 0.25) is 0 Å². The minimum absolute atomic E-state index is 0.339. The van der Waals surface area contributed by atoms with E-state index in [2.05, 4.69) is 4.98 Å². The van der Waals surface area contributed by atoms with Gasteiger partial charge >= 0.3 is 5.97 Å². The van der Waals surface area contributed by atoms with Crippen LogP contribution >= 0.6 is 11.8 Å². The van der Waals surface area contributed by atoms with Crippen LogP contribution in [0.25, 0.3) is 0 Å². The highest BCUT2D eigenvalue weighted by atomic mass is 32.2. The Morgan fingerprint density at radius 2 is 2.25 bits per heavy atom. The van der Waals surface area contributed by atoms with Gasteiger partial charge in [-0.2, -0.15) is 0 Å². The number of thioether (sulfide) groups is 1. The predicted molar refractivity (Wildman–Crippen MR) is 64.1 cm³/mol. The van der Waals surface area contributed by atoms with Gasteiger partial charge < -0.3 is 9.30 Å². The minimum Gasteiger partial charge on any atom is -0.457 e. The first-order valence-electron chi connectivity index (χ1n) is 4.92. The highest BCUT2D eigenvalue weighted by Gasteiger charge is 2.13. The van der Waals surface area contributed by atoms with E-state index in [4.69, 9.17) is 4.74 Å². The topological polar surface area (TPSA) is 44.1 Å². The first-order chi connectivity index (χ1) is 7.38. The van der Waals surface area contributed by atoms with Gasteiger partial charge in [0, 0.05) is 25.5 Å². The molecular weight excluding hydrogens is 224 g/mol. The summed E-state index contributed by atoms with van der Waals surface area (Å²) in [5, 5.41) is 2.51. The Hall–Kier alpha value is -1.23. The van der Waals surface area contributed by atoms with E-state index < -0.39 is 5.60 Å². The van der Waals surface area contributed by atoms with E-state index in [-0.39, 0.29) is 5.97 Å². The van der Waals surface area contributed by atoms with Gasteiger partial charge in [-0.05, 0) is 26.2 Å². The van der Waals surface area contributed by atoms with Gasteiger partial charge in [-0.15, -0.1) is 0 Å². The molecule has 0 N–H and O–H groups in total. The van der Waals surface area contributed by atoms with Crippen molar-refractivity contribution in [3.63, 3.8) is 0 Å². The fourth-order valence-corrected chi connectivity index (χ4v) is 1.60. The van der Waals surface area contributed by atoms with E-state index in [1.54, 1.807) is 11.6 Å². The number of hydrogen-bond acceptors (Lipinski definition) is 4. The molecule has 0 saturated heterocycles. The fraction of sp³-hybridized carbons (Fsp3) is 0.455. The molecule has 1 aromatic heterocycles. The summed E-state index contributed by atoms with van der Waals surface area (Å²) in [6.45, 7) is 5.51. The van der Waals surface area contributed by atoms with Crippen LogP contribution in [0.15, 0.2) is 29.0 Å². The highest BCUT2D eigenvalue weighted by molar-refractivity contribution is 8.02. The third-order valence-corrected chi connectivity index (χ3v) is 2.44. The van der Waals surface area contributed by atoms with Crippen molar-refractivity contribution in [2.24, 2.45) is 7.05 Å². The zero-order valence-electron chi connectivity index (χ0n) is 9.93. The molecule has 1 aromatic rings. The standard InChI is InChI=1S/C11H16N2O2S/c1-11(2,3)15-9(14)5-8-16-10-12-6-7-13(10)4/h5-8H,1-4H3/b8-5+. The van der Waals surface area contributed by atoms with E-state index in [1.807, 2.05) is 38.6 Å². The lowest BCUT2D eigenvalue weighted by Gasteiger charge is -2.17. The third kappa shape index (κ3) is 4.53. The smallest absolute Gasteiger partial charge is 0.331 e. The Kier molecular flexibility index (Phi) is 4.18. The Morgan fingerprint density at radius 1 is 1.56 bits per heavy atom. The zero-order valence-corrected chi connectivity index (χ0v) is 10.7. The lowest BCUT2D eigenvalue weighted by Crippen LogP contribution is -2.22. The van der Waals surface area contributed by atoms with Crippen LogP contribution in [0.4, 0.5) is 0 Å².